The van der Waals surface area contributed by atoms with Crippen LogP contribution in [0.15, 0.2) is 24.3 Å². The summed E-state index contributed by atoms with van der Waals surface area (Å²) in [5.74, 6) is 0. The van der Waals surface area contributed by atoms with Gasteiger partial charge in [-0.25, -0.2) is 4.79 Å². The van der Waals surface area contributed by atoms with Crippen LogP contribution < -0.4 is 0 Å². The SMILES string of the molecule is Cc1ccc(C)cc1.O=C(O)O. The fraction of sp³-hybridized carbons (Fsp3) is 0.222. The van der Waals surface area contributed by atoms with Gasteiger partial charge in [-0.2, -0.15) is 0 Å². The maximum atomic E-state index is 8.56. The predicted octanol–water partition coefficient (Wildman–Crippen LogP) is 2.53. The van der Waals surface area contributed by atoms with Gasteiger partial charge in [-0.15, -0.1) is 0 Å². The normalized spacial score (nSPS) is 8.17. The second-order valence-electron chi connectivity index (χ2n) is 2.44. The Bertz CT molecular complexity index is 213. The van der Waals surface area contributed by atoms with E-state index >= 15 is 0 Å². The molecule has 0 spiro atoms. The summed E-state index contributed by atoms with van der Waals surface area (Å²) in [5, 5.41) is 13.9. The van der Waals surface area contributed by atoms with Crippen LogP contribution in [0.25, 0.3) is 0 Å². The Hall–Kier alpha value is -1.51. The maximum Gasteiger partial charge on any atom is 0.503 e. The van der Waals surface area contributed by atoms with Gasteiger partial charge in [0.15, 0.2) is 0 Å². The van der Waals surface area contributed by atoms with Crippen molar-refractivity contribution in [3.05, 3.63) is 35.4 Å². The van der Waals surface area contributed by atoms with Gasteiger partial charge < -0.3 is 10.2 Å². The van der Waals surface area contributed by atoms with Crippen LogP contribution in [0, 0.1) is 13.8 Å². The van der Waals surface area contributed by atoms with Crippen LogP contribution in [-0.4, -0.2) is 16.4 Å². The third-order valence-electron chi connectivity index (χ3n) is 1.22. The summed E-state index contributed by atoms with van der Waals surface area (Å²) in [6.07, 6.45) is -1.83. The highest BCUT2D eigenvalue weighted by Gasteiger charge is 1.79. The van der Waals surface area contributed by atoms with Gasteiger partial charge in [0.25, 0.3) is 0 Å². The minimum absolute atomic E-state index is 1.33. The minimum Gasteiger partial charge on any atom is -0.450 e. The number of carboxylic acid groups (broad SMARTS) is 2. The molecule has 2 N–H and O–H groups in total. The lowest BCUT2D eigenvalue weighted by Crippen LogP contribution is -1.81. The molecule has 3 heteroatoms. The van der Waals surface area contributed by atoms with E-state index in [0.717, 1.165) is 0 Å². The molecule has 0 aliphatic rings. The molecule has 0 fully saturated rings. The summed E-state index contributed by atoms with van der Waals surface area (Å²) in [7, 11) is 0. The summed E-state index contributed by atoms with van der Waals surface area (Å²) in [4.78, 5) is 8.56. The Morgan fingerprint density at radius 3 is 1.33 bits per heavy atom. The van der Waals surface area contributed by atoms with Crippen LogP contribution in [0.4, 0.5) is 4.79 Å². The number of aryl methyl sites for hydroxylation is 2. The van der Waals surface area contributed by atoms with E-state index in [-0.39, 0.29) is 0 Å². The largest absolute Gasteiger partial charge is 0.503 e. The van der Waals surface area contributed by atoms with Crippen molar-refractivity contribution in [2.45, 2.75) is 13.8 Å². The molecule has 0 aromatic heterocycles. The van der Waals surface area contributed by atoms with Crippen molar-refractivity contribution in [1.29, 1.82) is 0 Å². The molecule has 1 rings (SSSR count). The minimum atomic E-state index is -1.83. The summed E-state index contributed by atoms with van der Waals surface area (Å²) in [6, 6.07) is 8.48. The highest BCUT2D eigenvalue weighted by molar-refractivity contribution is 5.53. The van der Waals surface area contributed by atoms with Crippen LogP contribution in [0.1, 0.15) is 11.1 Å². The third kappa shape index (κ3) is 6.61. The fourth-order valence-electron chi connectivity index (χ4n) is 0.637. The van der Waals surface area contributed by atoms with Crippen molar-refractivity contribution in [2.24, 2.45) is 0 Å². The molecule has 12 heavy (non-hydrogen) atoms. The highest BCUT2D eigenvalue weighted by atomic mass is 16.6. The topological polar surface area (TPSA) is 57.5 Å². The van der Waals surface area contributed by atoms with Gasteiger partial charge in [0, 0.05) is 0 Å². The zero-order valence-electron chi connectivity index (χ0n) is 7.11. The molecule has 0 heterocycles. The van der Waals surface area contributed by atoms with E-state index in [1.54, 1.807) is 0 Å². The van der Waals surface area contributed by atoms with Crippen molar-refractivity contribution in [3.63, 3.8) is 0 Å². The average molecular weight is 168 g/mol. The van der Waals surface area contributed by atoms with Crippen molar-refractivity contribution < 1.29 is 15.0 Å². The van der Waals surface area contributed by atoms with Gasteiger partial charge in [0.1, 0.15) is 0 Å². The van der Waals surface area contributed by atoms with Crippen LogP contribution in [0.2, 0.25) is 0 Å². The first kappa shape index (κ1) is 10.5. The molecule has 0 amide bonds. The number of hydrogen-bond donors (Lipinski definition) is 2. The molecule has 1 aromatic rings. The standard InChI is InChI=1S/C8H10.CH2O3/c1-7-3-5-8(2)6-4-7;2-1(3)4/h3-6H,1-2H3;(H2,2,3,4). The molecule has 0 saturated heterocycles. The second-order valence-corrected chi connectivity index (χ2v) is 2.44. The van der Waals surface area contributed by atoms with Crippen LogP contribution in [0.3, 0.4) is 0 Å². The van der Waals surface area contributed by atoms with E-state index in [2.05, 4.69) is 38.1 Å². The summed E-state index contributed by atoms with van der Waals surface area (Å²) in [6.45, 7) is 4.19. The highest BCUT2D eigenvalue weighted by Crippen LogP contribution is 1.99. The van der Waals surface area contributed by atoms with E-state index in [1.807, 2.05) is 0 Å². The van der Waals surface area contributed by atoms with Crippen LogP contribution in [0.5, 0.6) is 0 Å². The average Bonchev–Trinajstić information content (AvgIpc) is 1.94. The van der Waals surface area contributed by atoms with Crippen molar-refractivity contribution in [2.75, 3.05) is 0 Å². The Balaban J connectivity index is 0.000000261. The number of benzene rings is 1. The van der Waals surface area contributed by atoms with Crippen LogP contribution >= 0.6 is 0 Å². The van der Waals surface area contributed by atoms with Gasteiger partial charge in [-0.1, -0.05) is 35.4 Å². The molecular formula is C9H12O3. The molecule has 0 aliphatic heterocycles. The van der Waals surface area contributed by atoms with E-state index in [1.165, 1.54) is 11.1 Å². The van der Waals surface area contributed by atoms with Crippen molar-refractivity contribution >= 4 is 6.16 Å². The summed E-state index contributed by atoms with van der Waals surface area (Å²) >= 11 is 0. The molecule has 0 saturated carbocycles. The molecule has 0 radical (unpaired) electrons. The Labute approximate surface area is 71.3 Å². The van der Waals surface area contributed by atoms with Gasteiger partial charge in [-0.05, 0) is 13.8 Å². The predicted molar refractivity (Wildman–Crippen MR) is 46.6 cm³/mol. The van der Waals surface area contributed by atoms with E-state index in [4.69, 9.17) is 15.0 Å². The van der Waals surface area contributed by atoms with E-state index in [9.17, 15) is 0 Å². The monoisotopic (exact) mass is 168 g/mol. The Kier molecular flexibility index (Phi) is 4.53. The van der Waals surface area contributed by atoms with Crippen molar-refractivity contribution in [3.8, 4) is 0 Å². The molecule has 1 aromatic carbocycles. The summed E-state index contributed by atoms with van der Waals surface area (Å²) < 4.78 is 0. The lowest BCUT2D eigenvalue weighted by molar-refractivity contribution is 0.137. The van der Waals surface area contributed by atoms with Crippen LogP contribution in [-0.2, 0) is 0 Å². The number of carbonyl (C=O) groups is 1. The third-order valence-corrected chi connectivity index (χ3v) is 1.22. The van der Waals surface area contributed by atoms with E-state index < -0.39 is 6.16 Å². The fourth-order valence-corrected chi connectivity index (χ4v) is 0.637. The van der Waals surface area contributed by atoms with Gasteiger partial charge in [0.05, 0.1) is 0 Å². The van der Waals surface area contributed by atoms with E-state index in [0.29, 0.717) is 0 Å². The zero-order valence-corrected chi connectivity index (χ0v) is 7.11. The molecule has 3 nitrogen and oxygen atoms in total. The lowest BCUT2D eigenvalue weighted by Gasteiger charge is -1.90. The molecule has 0 unspecified atom stereocenters. The Morgan fingerprint density at radius 2 is 1.17 bits per heavy atom. The molecule has 0 bridgehead atoms. The molecular weight excluding hydrogens is 156 g/mol. The molecule has 0 aliphatic carbocycles. The smallest absolute Gasteiger partial charge is 0.450 e. The summed E-state index contributed by atoms with van der Waals surface area (Å²) in [5.41, 5.74) is 2.66. The lowest BCUT2D eigenvalue weighted by atomic mass is 10.2. The zero-order chi connectivity index (χ0) is 9.56. The van der Waals surface area contributed by atoms with Crippen molar-refractivity contribution in [1.82, 2.24) is 0 Å². The Morgan fingerprint density at radius 1 is 1.00 bits per heavy atom. The second kappa shape index (κ2) is 5.18. The first-order chi connectivity index (χ1) is 5.52. The maximum absolute atomic E-state index is 8.56. The first-order valence-electron chi connectivity index (χ1n) is 3.47. The molecule has 66 valence electrons. The van der Waals surface area contributed by atoms with Gasteiger partial charge in [0.2, 0.25) is 0 Å². The quantitative estimate of drug-likeness (QED) is 0.625. The molecule has 0 atom stereocenters. The van der Waals surface area contributed by atoms with Gasteiger partial charge in [-0.3, -0.25) is 0 Å². The first-order valence-corrected chi connectivity index (χ1v) is 3.47. The number of hydrogen-bond acceptors (Lipinski definition) is 1. The van der Waals surface area contributed by atoms with Gasteiger partial charge >= 0.3 is 6.16 Å². The number of rotatable bonds is 0.